The summed E-state index contributed by atoms with van der Waals surface area (Å²) in [6, 6.07) is 9.01. The van der Waals surface area contributed by atoms with Crippen molar-refractivity contribution in [2.75, 3.05) is 12.4 Å². The molecule has 0 aliphatic carbocycles. The fourth-order valence-corrected chi connectivity index (χ4v) is 1.85. The summed E-state index contributed by atoms with van der Waals surface area (Å²) in [6.07, 6.45) is 0. The molecule has 0 spiro atoms. The van der Waals surface area contributed by atoms with Gasteiger partial charge in [0, 0.05) is 17.7 Å². The van der Waals surface area contributed by atoms with Gasteiger partial charge >= 0.3 is 0 Å². The molecule has 0 heterocycles. The number of non-ortho nitro benzene ring substituents is 1. The normalized spacial score (nSPS) is 9.96. The van der Waals surface area contributed by atoms with Crippen LogP contribution in [0.4, 0.5) is 17.1 Å². The fourth-order valence-electron chi connectivity index (χ4n) is 1.85. The van der Waals surface area contributed by atoms with Crippen LogP contribution in [-0.2, 0) is 0 Å². The molecule has 0 saturated heterocycles. The molecular formula is C14H11N3O6. The second-order valence-corrected chi connectivity index (χ2v) is 4.40. The van der Waals surface area contributed by atoms with Crippen molar-refractivity contribution in [1.29, 1.82) is 0 Å². The topological polar surface area (TPSA) is 125 Å². The number of nitro groups is 2. The lowest BCUT2D eigenvalue weighted by molar-refractivity contribution is -0.384. The molecule has 1 amide bonds. The van der Waals surface area contributed by atoms with Crippen molar-refractivity contribution in [1.82, 2.24) is 0 Å². The Morgan fingerprint density at radius 1 is 1.09 bits per heavy atom. The number of methoxy groups -OCH3 is 1. The van der Waals surface area contributed by atoms with Crippen LogP contribution in [0.1, 0.15) is 10.4 Å². The SMILES string of the molecule is COc1ccc(NC(=O)c2cccc([N+](=O)[O-])c2)c([N+](=O)[O-])c1. The van der Waals surface area contributed by atoms with Gasteiger partial charge in [0.2, 0.25) is 0 Å². The Bertz CT molecular complexity index is 790. The molecule has 0 fully saturated rings. The van der Waals surface area contributed by atoms with Gasteiger partial charge in [-0.25, -0.2) is 0 Å². The summed E-state index contributed by atoms with van der Waals surface area (Å²) in [4.78, 5) is 32.6. The Morgan fingerprint density at radius 3 is 2.43 bits per heavy atom. The number of ether oxygens (including phenoxy) is 1. The molecule has 2 aromatic rings. The summed E-state index contributed by atoms with van der Waals surface area (Å²) < 4.78 is 4.90. The van der Waals surface area contributed by atoms with Crippen LogP contribution in [0.15, 0.2) is 42.5 Å². The maximum Gasteiger partial charge on any atom is 0.296 e. The van der Waals surface area contributed by atoms with Gasteiger partial charge in [0.1, 0.15) is 11.4 Å². The zero-order valence-electron chi connectivity index (χ0n) is 11.9. The molecule has 0 radical (unpaired) electrons. The number of carbonyl (C=O) groups is 1. The third-order valence-electron chi connectivity index (χ3n) is 2.97. The highest BCUT2D eigenvalue weighted by Gasteiger charge is 2.19. The number of nitrogens with zero attached hydrogens (tertiary/aromatic N) is 2. The van der Waals surface area contributed by atoms with Gasteiger partial charge in [-0.05, 0) is 18.2 Å². The van der Waals surface area contributed by atoms with E-state index in [1.165, 1.54) is 43.5 Å². The highest BCUT2D eigenvalue weighted by atomic mass is 16.6. The maximum atomic E-state index is 12.1. The Morgan fingerprint density at radius 2 is 1.83 bits per heavy atom. The van der Waals surface area contributed by atoms with Crippen LogP contribution in [0.3, 0.4) is 0 Å². The largest absolute Gasteiger partial charge is 0.496 e. The summed E-state index contributed by atoms with van der Waals surface area (Å²) >= 11 is 0. The molecule has 2 rings (SSSR count). The molecule has 2 aromatic carbocycles. The van der Waals surface area contributed by atoms with Gasteiger partial charge in [-0.1, -0.05) is 6.07 Å². The van der Waals surface area contributed by atoms with Crippen LogP contribution in [0, 0.1) is 20.2 Å². The van der Waals surface area contributed by atoms with Crippen molar-refractivity contribution < 1.29 is 19.4 Å². The van der Waals surface area contributed by atoms with Crippen LogP contribution in [0.2, 0.25) is 0 Å². The molecule has 9 heteroatoms. The van der Waals surface area contributed by atoms with Gasteiger partial charge in [-0.2, -0.15) is 0 Å². The van der Waals surface area contributed by atoms with E-state index in [-0.39, 0.29) is 28.4 Å². The minimum atomic E-state index is -0.693. The second kappa shape index (κ2) is 6.52. The average molecular weight is 317 g/mol. The highest BCUT2D eigenvalue weighted by Crippen LogP contribution is 2.29. The monoisotopic (exact) mass is 317 g/mol. The number of carbonyl (C=O) groups excluding carboxylic acids is 1. The Balaban J connectivity index is 2.32. The van der Waals surface area contributed by atoms with Gasteiger partial charge in [-0.15, -0.1) is 0 Å². The first-order valence-electron chi connectivity index (χ1n) is 6.30. The van der Waals surface area contributed by atoms with Gasteiger partial charge in [0.25, 0.3) is 17.3 Å². The molecule has 1 N–H and O–H groups in total. The van der Waals surface area contributed by atoms with Crippen LogP contribution < -0.4 is 10.1 Å². The van der Waals surface area contributed by atoms with E-state index in [0.717, 1.165) is 6.07 Å². The summed E-state index contributed by atoms with van der Waals surface area (Å²) in [5.41, 5.74) is -0.610. The number of hydrogen-bond donors (Lipinski definition) is 1. The van der Waals surface area contributed by atoms with Crippen molar-refractivity contribution in [3.05, 3.63) is 68.3 Å². The maximum absolute atomic E-state index is 12.1. The first kappa shape index (κ1) is 15.9. The zero-order valence-corrected chi connectivity index (χ0v) is 11.9. The average Bonchev–Trinajstić information content (AvgIpc) is 2.55. The molecule has 118 valence electrons. The first-order chi connectivity index (χ1) is 10.9. The summed E-state index contributed by atoms with van der Waals surface area (Å²) in [6.45, 7) is 0. The lowest BCUT2D eigenvalue weighted by atomic mass is 10.1. The molecule has 0 aliphatic rings. The predicted octanol–water partition coefficient (Wildman–Crippen LogP) is 2.76. The van der Waals surface area contributed by atoms with E-state index in [1.807, 2.05) is 0 Å². The van der Waals surface area contributed by atoms with E-state index in [0.29, 0.717) is 0 Å². The molecular weight excluding hydrogens is 306 g/mol. The Kier molecular flexibility index (Phi) is 4.50. The first-order valence-corrected chi connectivity index (χ1v) is 6.30. The number of hydrogen-bond acceptors (Lipinski definition) is 6. The van der Waals surface area contributed by atoms with Crippen LogP contribution in [0.5, 0.6) is 5.75 Å². The van der Waals surface area contributed by atoms with E-state index in [9.17, 15) is 25.0 Å². The number of nitro benzene ring substituents is 2. The quantitative estimate of drug-likeness (QED) is 0.667. The second-order valence-electron chi connectivity index (χ2n) is 4.40. The van der Waals surface area contributed by atoms with E-state index < -0.39 is 15.8 Å². The summed E-state index contributed by atoms with van der Waals surface area (Å²) in [5, 5.41) is 24.1. The van der Waals surface area contributed by atoms with Crippen molar-refractivity contribution in [2.24, 2.45) is 0 Å². The zero-order chi connectivity index (χ0) is 17.0. The fraction of sp³-hybridized carbons (Fsp3) is 0.0714. The van der Waals surface area contributed by atoms with Crippen LogP contribution in [-0.4, -0.2) is 22.9 Å². The van der Waals surface area contributed by atoms with E-state index in [1.54, 1.807) is 0 Å². The summed E-state index contributed by atoms with van der Waals surface area (Å²) in [7, 11) is 1.36. The molecule has 0 atom stereocenters. The van der Waals surface area contributed by atoms with Crippen molar-refractivity contribution >= 4 is 23.0 Å². The van der Waals surface area contributed by atoms with E-state index in [4.69, 9.17) is 4.74 Å². The molecule has 9 nitrogen and oxygen atoms in total. The molecule has 23 heavy (non-hydrogen) atoms. The van der Waals surface area contributed by atoms with Crippen LogP contribution in [0.25, 0.3) is 0 Å². The third-order valence-corrected chi connectivity index (χ3v) is 2.97. The molecule has 0 bridgehead atoms. The molecule has 0 saturated carbocycles. The van der Waals surface area contributed by atoms with Gasteiger partial charge < -0.3 is 10.1 Å². The van der Waals surface area contributed by atoms with Gasteiger partial charge in [0.15, 0.2) is 0 Å². The number of anilines is 1. The predicted molar refractivity (Wildman–Crippen MR) is 80.7 cm³/mol. The van der Waals surface area contributed by atoms with Gasteiger partial charge in [0.05, 0.1) is 23.0 Å². The molecule has 0 unspecified atom stereocenters. The van der Waals surface area contributed by atoms with Crippen molar-refractivity contribution in [3.8, 4) is 5.75 Å². The summed E-state index contributed by atoms with van der Waals surface area (Å²) in [5.74, 6) is -0.424. The van der Waals surface area contributed by atoms with Crippen LogP contribution >= 0.6 is 0 Å². The van der Waals surface area contributed by atoms with Crippen molar-refractivity contribution in [3.63, 3.8) is 0 Å². The van der Waals surface area contributed by atoms with E-state index in [2.05, 4.69) is 5.32 Å². The Hall–Kier alpha value is -3.49. The molecule has 0 aromatic heterocycles. The Labute approximate surface area is 129 Å². The third kappa shape index (κ3) is 3.59. The lowest BCUT2D eigenvalue weighted by Crippen LogP contribution is -2.13. The number of benzene rings is 2. The van der Waals surface area contributed by atoms with Crippen molar-refractivity contribution in [2.45, 2.75) is 0 Å². The number of nitrogens with one attached hydrogen (secondary N) is 1. The number of amides is 1. The molecule has 0 aliphatic heterocycles. The lowest BCUT2D eigenvalue weighted by Gasteiger charge is -2.07. The van der Waals surface area contributed by atoms with Gasteiger partial charge in [-0.3, -0.25) is 25.0 Å². The minimum Gasteiger partial charge on any atom is -0.496 e. The standard InChI is InChI=1S/C14H11N3O6/c1-23-11-5-6-12(13(8-11)17(21)22)15-14(18)9-3-2-4-10(7-9)16(19)20/h2-8H,1H3,(H,15,18). The van der Waals surface area contributed by atoms with E-state index >= 15 is 0 Å². The highest BCUT2D eigenvalue weighted by molar-refractivity contribution is 6.05. The minimum absolute atomic E-state index is 0.0179. The number of rotatable bonds is 5. The smallest absolute Gasteiger partial charge is 0.296 e.